The Kier molecular flexibility index (Phi) is 5.48. The first-order chi connectivity index (χ1) is 15.4. The summed E-state index contributed by atoms with van der Waals surface area (Å²) in [7, 11) is 0. The normalized spacial score (nSPS) is 18.7. The molecule has 0 spiro atoms. The van der Waals surface area contributed by atoms with Crippen LogP contribution >= 0.6 is 35.2 Å². The van der Waals surface area contributed by atoms with E-state index < -0.39 is 6.04 Å². The fourth-order valence-electron chi connectivity index (χ4n) is 3.80. The fourth-order valence-corrected chi connectivity index (χ4v) is 5.18. The van der Waals surface area contributed by atoms with E-state index >= 15 is 0 Å². The van der Waals surface area contributed by atoms with E-state index in [4.69, 9.17) is 33.3 Å². The molecule has 2 aromatic heterocycles. The summed E-state index contributed by atoms with van der Waals surface area (Å²) in [5, 5.41) is 14.2. The van der Waals surface area contributed by atoms with Gasteiger partial charge in [0.15, 0.2) is 10.9 Å². The molecule has 1 atom stereocenters. The van der Waals surface area contributed by atoms with Crippen molar-refractivity contribution in [3.8, 4) is 10.6 Å². The number of thiocarbonyl (C=S) groups is 1. The second-order valence-corrected chi connectivity index (χ2v) is 9.53. The van der Waals surface area contributed by atoms with Crippen LogP contribution in [-0.4, -0.2) is 32.1 Å². The molecule has 0 saturated heterocycles. The van der Waals surface area contributed by atoms with Crippen molar-refractivity contribution < 1.29 is 9.32 Å². The van der Waals surface area contributed by atoms with E-state index in [1.165, 1.54) is 11.3 Å². The number of allylic oxidation sites excluding steroid dienone is 1. The number of carbonyl (C=O) groups is 1. The molecular weight excluding hydrogens is 466 g/mol. The largest absolute Gasteiger partial charge is 0.360 e. The van der Waals surface area contributed by atoms with Crippen molar-refractivity contribution in [2.24, 2.45) is 0 Å². The van der Waals surface area contributed by atoms with Crippen molar-refractivity contribution in [1.29, 1.82) is 0 Å². The molecule has 32 heavy (non-hydrogen) atoms. The maximum absolute atomic E-state index is 13.4. The number of carbonyl (C=O) groups excluding carboxylic acids is 1. The predicted octanol–water partition coefficient (Wildman–Crippen LogP) is 5.07. The molecule has 0 radical (unpaired) electrons. The summed E-state index contributed by atoms with van der Waals surface area (Å²) in [6.07, 6.45) is 2.11. The smallest absolute Gasteiger partial charge is 0.257 e. The molecule has 1 aliphatic carbocycles. The summed E-state index contributed by atoms with van der Waals surface area (Å²) < 4.78 is 5.09. The highest BCUT2D eigenvalue weighted by atomic mass is 35.5. The number of benzene rings is 1. The molecule has 10 heteroatoms. The molecule has 164 valence electrons. The summed E-state index contributed by atoms with van der Waals surface area (Å²) in [5.74, 6) is 0.734. The summed E-state index contributed by atoms with van der Waals surface area (Å²) in [4.78, 5) is 20.2. The average Bonchev–Trinajstić information content (AvgIpc) is 3.30. The minimum absolute atomic E-state index is 0.262. The van der Waals surface area contributed by atoms with Crippen LogP contribution in [0.15, 0.2) is 51.5 Å². The van der Waals surface area contributed by atoms with E-state index in [9.17, 15) is 4.79 Å². The molecule has 0 bridgehead atoms. The first-order valence-corrected chi connectivity index (χ1v) is 11.8. The number of amides is 1. The highest BCUT2D eigenvalue weighted by molar-refractivity contribution is 7.80. The van der Waals surface area contributed by atoms with Crippen LogP contribution in [0.3, 0.4) is 0 Å². The molecule has 1 saturated carbocycles. The van der Waals surface area contributed by atoms with Crippen LogP contribution in [0.2, 0.25) is 5.02 Å². The van der Waals surface area contributed by atoms with Gasteiger partial charge in [-0.05, 0) is 51.0 Å². The van der Waals surface area contributed by atoms with Crippen LogP contribution in [0.4, 0.5) is 5.82 Å². The molecule has 2 aliphatic rings. The third kappa shape index (κ3) is 4.03. The molecule has 5 rings (SSSR count). The van der Waals surface area contributed by atoms with Gasteiger partial charge in [0, 0.05) is 33.8 Å². The Morgan fingerprint density at radius 2 is 2.06 bits per heavy atom. The number of rotatable bonds is 5. The van der Waals surface area contributed by atoms with Crippen LogP contribution in [-0.2, 0) is 4.79 Å². The molecule has 3 aromatic rings. The number of halogens is 1. The van der Waals surface area contributed by atoms with Crippen molar-refractivity contribution in [1.82, 2.24) is 20.4 Å². The maximum Gasteiger partial charge on any atom is 0.257 e. The van der Waals surface area contributed by atoms with Gasteiger partial charge in [0.1, 0.15) is 16.8 Å². The molecule has 1 aliphatic heterocycles. The Bertz CT molecular complexity index is 1230. The van der Waals surface area contributed by atoms with Crippen LogP contribution in [0, 0.1) is 6.92 Å². The summed E-state index contributed by atoms with van der Waals surface area (Å²) in [6, 6.07) is 9.07. The van der Waals surface area contributed by atoms with E-state index in [-0.39, 0.29) is 5.91 Å². The lowest BCUT2D eigenvalue weighted by Gasteiger charge is -2.37. The lowest BCUT2D eigenvalue weighted by Crippen LogP contribution is -2.49. The molecule has 1 aromatic carbocycles. The lowest BCUT2D eigenvalue weighted by molar-refractivity contribution is -0.113. The van der Waals surface area contributed by atoms with Gasteiger partial charge < -0.3 is 20.1 Å². The number of aryl methyl sites for hydroxylation is 1. The maximum atomic E-state index is 13.4. The van der Waals surface area contributed by atoms with E-state index in [0.29, 0.717) is 33.3 Å². The standard InChI is InChI=1S/C22H20ClN5O2S2/c1-11-9-17(27-30-11)25-20(29)18-12(2)28(15-7-8-15)22(31)26-19(18)16-10-32-21(24-16)13-3-5-14(23)6-4-13/h3-6,9-10,15,19H,7-8H2,1-2H3,(H,26,31)(H,25,27,29)/t19-/m0/s1. The van der Waals surface area contributed by atoms with Gasteiger partial charge in [-0.1, -0.05) is 28.9 Å². The molecule has 1 fully saturated rings. The van der Waals surface area contributed by atoms with E-state index in [2.05, 4.69) is 15.8 Å². The van der Waals surface area contributed by atoms with Crippen molar-refractivity contribution in [3.63, 3.8) is 0 Å². The number of nitrogens with zero attached hydrogens (tertiary/aromatic N) is 3. The zero-order chi connectivity index (χ0) is 22.4. The Morgan fingerprint density at radius 1 is 1.31 bits per heavy atom. The second-order valence-electron chi connectivity index (χ2n) is 7.84. The van der Waals surface area contributed by atoms with Crippen molar-refractivity contribution in [2.45, 2.75) is 38.8 Å². The zero-order valence-corrected chi connectivity index (χ0v) is 19.8. The van der Waals surface area contributed by atoms with Crippen molar-refractivity contribution in [3.05, 3.63) is 63.5 Å². The third-order valence-corrected chi connectivity index (χ3v) is 6.94. The highest BCUT2D eigenvalue weighted by Crippen LogP contribution is 2.39. The van der Waals surface area contributed by atoms with Crippen LogP contribution in [0.5, 0.6) is 0 Å². The zero-order valence-electron chi connectivity index (χ0n) is 17.4. The highest BCUT2D eigenvalue weighted by Gasteiger charge is 2.41. The first kappa shape index (κ1) is 21.1. The Balaban J connectivity index is 1.51. The van der Waals surface area contributed by atoms with Gasteiger partial charge in [-0.15, -0.1) is 11.3 Å². The molecule has 3 heterocycles. The number of aromatic nitrogens is 2. The Hall–Kier alpha value is -2.75. The van der Waals surface area contributed by atoms with Crippen LogP contribution in [0.25, 0.3) is 10.6 Å². The Labute approximate surface area is 199 Å². The van der Waals surface area contributed by atoms with E-state index in [0.717, 1.165) is 34.8 Å². The van der Waals surface area contributed by atoms with Gasteiger partial charge in [0.05, 0.1) is 11.3 Å². The minimum atomic E-state index is -0.470. The second kappa shape index (κ2) is 8.31. The SMILES string of the molecule is CC1=C(C(=O)Nc2cc(C)on2)[C@H](c2csc(-c3ccc(Cl)cc3)n2)NC(=S)N1C1CC1. The van der Waals surface area contributed by atoms with Gasteiger partial charge in [-0.25, -0.2) is 4.98 Å². The van der Waals surface area contributed by atoms with Gasteiger partial charge in [0.2, 0.25) is 0 Å². The number of thiazole rings is 1. The van der Waals surface area contributed by atoms with Gasteiger partial charge in [0.25, 0.3) is 5.91 Å². The summed E-state index contributed by atoms with van der Waals surface area (Å²) >= 11 is 13.2. The number of anilines is 1. The number of hydrogen-bond donors (Lipinski definition) is 2. The average molecular weight is 486 g/mol. The molecule has 2 N–H and O–H groups in total. The minimum Gasteiger partial charge on any atom is -0.360 e. The van der Waals surface area contributed by atoms with Gasteiger partial charge >= 0.3 is 0 Å². The molecule has 7 nitrogen and oxygen atoms in total. The summed E-state index contributed by atoms with van der Waals surface area (Å²) in [6.45, 7) is 3.72. The topological polar surface area (TPSA) is 83.3 Å². The molecule has 1 amide bonds. The van der Waals surface area contributed by atoms with Gasteiger partial charge in [-0.3, -0.25) is 4.79 Å². The van der Waals surface area contributed by atoms with Crippen LogP contribution in [0.1, 0.15) is 37.3 Å². The van der Waals surface area contributed by atoms with Crippen molar-refractivity contribution in [2.75, 3.05) is 5.32 Å². The van der Waals surface area contributed by atoms with Gasteiger partial charge in [-0.2, -0.15) is 0 Å². The predicted molar refractivity (Wildman–Crippen MR) is 128 cm³/mol. The van der Waals surface area contributed by atoms with E-state index in [1.807, 2.05) is 41.5 Å². The summed E-state index contributed by atoms with van der Waals surface area (Å²) in [5.41, 5.74) is 3.10. The fraction of sp³-hybridized carbons (Fsp3) is 0.273. The van der Waals surface area contributed by atoms with E-state index in [1.54, 1.807) is 13.0 Å². The quantitative estimate of drug-likeness (QED) is 0.488. The molecule has 0 unspecified atom stereocenters. The molecular formula is C22H20ClN5O2S2. The first-order valence-electron chi connectivity index (χ1n) is 10.2. The third-order valence-electron chi connectivity index (χ3n) is 5.46. The lowest BCUT2D eigenvalue weighted by atomic mass is 9.98. The van der Waals surface area contributed by atoms with Crippen molar-refractivity contribution >= 4 is 52.0 Å². The number of hydrogen-bond acceptors (Lipinski definition) is 6. The monoisotopic (exact) mass is 485 g/mol. The van der Waals surface area contributed by atoms with Crippen LogP contribution < -0.4 is 10.6 Å². The number of nitrogens with one attached hydrogen (secondary N) is 2. The Morgan fingerprint density at radius 3 is 2.72 bits per heavy atom.